The molecule has 4 aromatic carbocycles. The van der Waals surface area contributed by atoms with Gasteiger partial charge in [-0.1, -0.05) is 66.4 Å². The quantitative estimate of drug-likeness (QED) is 0.284. The third kappa shape index (κ3) is 4.28. The van der Waals surface area contributed by atoms with Crippen LogP contribution in [0.3, 0.4) is 0 Å². The molecule has 4 aromatic rings. The molecule has 0 radical (unpaired) electrons. The smallest absolute Gasteiger partial charge is 0.406 e. The van der Waals surface area contributed by atoms with E-state index in [4.69, 9.17) is 0 Å². The molecule has 0 saturated carbocycles. The third-order valence-corrected chi connectivity index (χ3v) is 5.47. The minimum atomic E-state index is -4.72. The number of hydrogen-bond acceptors (Lipinski definition) is 2. The van der Waals surface area contributed by atoms with Gasteiger partial charge in [-0.3, -0.25) is 0 Å². The predicted octanol–water partition coefficient (Wildman–Crippen LogP) is 6.39. The van der Waals surface area contributed by atoms with Gasteiger partial charge in [-0.25, -0.2) is 0 Å². The van der Waals surface area contributed by atoms with Crippen LogP contribution in [-0.2, 0) is 5.41 Å². The van der Waals surface area contributed by atoms with Gasteiger partial charge in [0.25, 0.3) is 0 Å². The van der Waals surface area contributed by atoms with Gasteiger partial charge in [0.05, 0.1) is 0 Å². The van der Waals surface area contributed by atoms with Crippen LogP contribution in [0.2, 0.25) is 0 Å². The van der Waals surface area contributed by atoms with Gasteiger partial charge in [0.1, 0.15) is 16.9 Å². The van der Waals surface area contributed by atoms with Crippen molar-refractivity contribution in [1.29, 1.82) is 0 Å². The first-order chi connectivity index (χ1) is 15.8. The summed E-state index contributed by atoms with van der Waals surface area (Å²) in [5, 5.41) is 19.3. The average molecular weight is 444 g/mol. The summed E-state index contributed by atoms with van der Waals surface area (Å²) in [6.07, 6.45) is -4.72. The van der Waals surface area contributed by atoms with E-state index >= 15 is 0 Å². The molecule has 0 aliphatic rings. The molecule has 164 valence electrons. The van der Waals surface area contributed by atoms with Gasteiger partial charge in [0, 0.05) is 11.1 Å². The molecule has 0 fully saturated rings. The highest BCUT2D eigenvalue weighted by atomic mass is 19.4. The van der Waals surface area contributed by atoms with E-state index in [9.17, 15) is 23.4 Å². The van der Waals surface area contributed by atoms with Crippen molar-refractivity contribution in [3.8, 4) is 23.3 Å². The second-order valence-corrected chi connectivity index (χ2v) is 7.53. The first kappa shape index (κ1) is 22.0. The Balaban J connectivity index is 1.88. The van der Waals surface area contributed by atoms with E-state index in [1.165, 1.54) is 60.7 Å². The Hall–Kier alpha value is -4.17. The number of rotatable bonds is 3. The summed E-state index contributed by atoms with van der Waals surface area (Å²) in [5.74, 6) is 5.71. The average Bonchev–Trinajstić information content (AvgIpc) is 2.81. The highest BCUT2D eigenvalue weighted by molar-refractivity contribution is 5.55. The number of benzene rings is 4. The normalized spacial score (nSPS) is 11.5. The van der Waals surface area contributed by atoms with Gasteiger partial charge in [-0.15, -0.1) is 0 Å². The van der Waals surface area contributed by atoms with Crippen LogP contribution in [0.15, 0.2) is 103 Å². The molecular weight excluding hydrogens is 425 g/mol. The van der Waals surface area contributed by atoms with Crippen molar-refractivity contribution >= 4 is 0 Å². The Morgan fingerprint density at radius 2 is 0.848 bits per heavy atom. The van der Waals surface area contributed by atoms with E-state index in [0.717, 1.165) is 5.56 Å². The van der Waals surface area contributed by atoms with Crippen LogP contribution in [0.25, 0.3) is 0 Å². The minimum Gasteiger partial charge on any atom is -0.508 e. The lowest BCUT2D eigenvalue weighted by Crippen LogP contribution is -2.44. The predicted molar refractivity (Wildman–Crippen MR) is 121 cm³/mol. The lowest BCUT2D eigenvalue weighted by atomic mass is 9.68. The van der Waals surface area contributed by atoms with Crippen molar-refractivity contribution in [2.75, 3.05) is 0 Å². The zero-order chi connectivity index (χ0) is 23.5. The molecule has 33 heavy (non-hydrogen) atoms. The second kappa shape index (κ2) is 8.76. The van der Waals surface area contributed by atoms with Crippen molar-refractivity contribution < 1.29 is 23.4 Å². The minimum absolute atomic E-state index is 0.00311. The number of phenols is 2. The van der Waals surface area contributed by atoms with Crippen molar-refractivity contribution in [3.63, 3.8) is 0 Å². The van der Waals surface area contributed by atoms with Crippen LogP contribution >= 0.6 is 0 Å². The van der Waals surface area contributed by atoms with Gasteiger partial charge in [-0.2, -0.15) is 13.2 Å². The molecule has 0 aliphatic carbocycles. The molecule has 0 unspecified atom stereocenters. The molecule has 5 heteroatoms. The van der Waals surface area contributed by atoms with Crippen LogP contribution in [0, 0.1) is 11.8 Å². The first-order valence-electron chi connectivity index (χ1n) is 10.1. The van der Waals surface area contributed by atoms with Crippen LogP contribution in [0.4, 0.5) is 13.2 Å². The Morgan fingerprint density at radius 3 is 1.24 bits per heavy atom. The Kier molecular flexibility index (Phi) is 5.85. The summed E-state index contributed by atoms with van der Waals surface area (Å²) in [5.41, 5.74) is -1.24. The van der Waals surface area contributed by atoms with E-state index in [-0.39, 0.29) is 28.2 Å². The summed E-state index contributed by atoms with van der Waals surface area (Å²) < 4.78 is 44.9. The van der Waals surface area contributed by atoms with E-state index < -0.39 is 11.6 Å². The van der Waals surface area contributed by atoms with Crippen LogP contribution in [0.1, 0.15) is 27.8 Å². The molecule has 2 N–H and O–H groups in total. The summed E-state index contributed by atoms with van der Waals surface area (Å²) in [4.78, 5) is 0. The van der Waals surface area contributed by atoms with Gasteiger partial charge >= 0.3 is 6.18 Å². The molecule has 2 nitrogen and oxygen atoms in total. The zero-order valence-electron chi connectivity index (χ0n) is 17.3. The Bertz CT molecular complexity index is 1240. The van der Waals surface area contributed by atoms with Gasteiger partial charge in [0.15, 0.2) is 0 Å². The summed E-state index contributed by atoms with van der Waals surface area (Å²) >= 11 is 0. The van der Waals surface area contributed by atoms with Crippen molar-refractivity contribution in [1.82, 2.24) is 0 Å². The fourth-order valence-corrected chi connectivity index (χ4v) is 3.88. The molecule has 0 spiro atoms. The monoisotopic (exact) mass is 444 g/mol. The molecule has 0 atom stereocenters. The summed E-state index contributed by atoms with van der Waals surface area (Å²) in [7, 11) is 0. The number of phenolic OH excluding ortho intramolecular Hbond substituents is 2. The van der Waals surface area contributed by atoms with Gasteiger partial charge in [-0.05, 0) is 65.2 Å². The first-order valence-corrected chi connectivity index (χ1v) is 10.1. The SMILES string of the molecule is Oc1ccc(C(c2ccc(O)cc2)(c2ccc(C#Cc3ccccc3)cc2)C(F)(F)F)cc1. The largest absolute Gasteiger partial charge is 0.508 e. The van der Waals surface area contributed by atoms with Crippen molar-refractivity contribution in [2.24, 2.45) is 0 Å². The molecule has 0 aromatic heterocycles. The van der Waals surface area contributed by atoms with Crippen molar-refractivity contribution in [3.05, 3.63) is 131 Å². The maximum Gasteiger partial charge on any atom is 0.406 e. The van der Waals surface area contributed by atoms with Crippen molar-refractivity contribution in [2.45, 2.75) is 11.6 Å². The van der Waals surface area contributed by atoms with Gasteiger partial charge in [0.2, 0.25) is 0 Å². The van der Waals surface area contributed by atoms with Crippen LogP contribution in [0.5, 0.6) is 11.5 Å². The van der Waals surface area contributed by atoms with Crippen LogP contribution < -0.4 is 0 Å². The Labute approximate surface area is 189 Å². The molecular formula is C28H19F3O2. The summed E-state index contributed by atoms with van der Waals surface area (Å²) in [6, 6.07) is 25.2. The number of alkyl halides is 3. The van der Waals surface area contributed by atoms with Crippen LogP contribution in [-0.4, -0.2) is 16.4 Å². The molecule has 0 bridgehead atoms. The van der Waals surface area contributed by atoms with Gasteiger partial charge < -0.3 is 10.2 Å². The molecule has 4 rings (SSSR count). The number of aromatic hydroxyl groups is 2. The maximum atomic E-state index is 15.0. The third-order valence-electron chi connectivity index (χ3n) is 5.47. The maximum absolute atomic E-state index is 15.0. The number of hydrogen-bond donors (Lipinski definition) is 2. The fraction of sp³-hybridized carbons (Fsp3) is 0.0714. The summed E-state index contributed by atoms with van der Waals surface area (Å²) in [6.45, 7) is 0. The van der Waals surface area contributed by atoms with E-state index in [2.05, 4.69) is 11.8 Å². The number of halogens is 3. The molecule has 0 heterocycles. The van der Waals surface area contributed by atoms with E-state index in [0.29, 0.717) is 5.56 Å². The topological polar surface area (TPSA) is 40.5 Å². The highest BCUT2D eigenvalue weighted by Crippen LogP contribution is 2.51. The lowest BCUT2D eigenvalue weighted by molar-refractivity contribution is -0.166. The zero-order valence-corrected chi connectivity index (χ0v) is 17.3. The van der Waals surface area contributed by atoms with E-state index in [1.54, 1.807) is 12.1 Å². The standard InChI is InChI=1S/C28H19F3O2/c29-28(30,31)27(23-12-16-25(32)17-13-23,24-14-18-26(33)19-15-24)22-10-8-21(9-11-22)7-6-20-4-2-1-3-5-20/h1-5,8-19,32-33H. The highest BCUT2D eigenvalue weighted by Gasteiger charge is 2.58. The van der Waals surface area contributed by atoms with E-state index in [1.807, 2.05) is 30.3 Å². The molecule has 0 aliphatic heterocycles. The molecule has 0 saturated heterocycles. The fourth-order valence-electron chi connectivity index (χ4n) is 3.88. The lowest BCUT2D eigenvalue weighted by Gasteiger charge is -2.37. The molecule has 0 amide bonds. The Morgan fingerprint density at radius 1 is 0.485 bits per heavy atom. The second-order valence-electron chi connectivity index (χ2n) is 7.53.